The van der Waals surface area contributed by atoms with Gasteiger partial charge in [-0.25, -0.2) is 13.1 Å². The zero-order valence-corrected chi connectivity index (χ0v) is 11.1. The second-order valence-corrected chi connectivity index (χ2v) is 5.81. The molecule has 1 aromatic rings. The molecule has 1 rings (SSSR count). The van der Waals surface area contributed by atoms with E-state index in [9.17, 15) is 8.42 Å². The van der Waals surface area contributed by atoms with Gasteiger partial charge >= 0.3 is 0 Å². The highest BCUT2D eigenvalue weighted by Gasteiger charge is 2.15. The summed E-state index contributed by atoms with van der Waals surface area (Å²) in [6.45, 7) is 0.578. The van der Waals surface area contributed by atoms with Crippen molar-refractivity contribution in [1.82, 2.24) is 4.72 Å². The Morgan fingerprint density at radius 1 is 1.11 bits per heavy atom. The van der Waals surface area contributed by atoms with Gasteiger partial charge in [0.2, 0.25) is 10.0 Å². The van der Waals surface area contributed by atoms with Crippen LogP contribution in [0.15, 0.2) is 29.2 Å². The molecule has 0 aliphatic carbocycles. The molecular weight excluding hydrogens is 252 g/mol. The summed E-state index contributed by atoms with van der Waals surface area (Å²) >= 11 is 0. The van der Waals surface area contributed by atoms with Gasteiger partial charge in [0.25, 0.3) is 0 Å². The average molecular weight is 272 g/mol. The van der Waals surface area contributed by atoms with Gasteiger partial charge in [0.05, 0.1) is 5.69 Å². The van der Waals surface area contributed by atoms with Gasteiger partial charge in [-0.2, -0.15) is 0 Å². The first-order valence-corrected chi connectivity index (χ1v) is 7.51. The molecule has 18 heavy (non-hydrogen) atoms. The van der Waals surface area contributed by atoms with E-state index >= 15 is 0 Å². The van der Waals surface area contributed by atoms with E-state index in [-0.39, 0.29) is 17.2 Å². The summed E-state index contributed by atoms with van der Waals surface area (Å²) in [4.78, 5) is 0.125. The standard InChI is InChI=1S/C12H20N2O3S/c13-11-7-3-4-8-12(11)18(16,17)14-9-5-1-2-6-10-15/h3-4,7-8,14-15H,1-2,5-6,9-10,13H2. The van der Waals surface area contributed by atoms with Crippen molar-refractivity contribution in [3.63, 3.8) is 0 Å². The van der Waals surface area contributed by atoms with Crippen LogP contribution in [0.25, 0.3) is 0 Å². The number of sulfonamides is 1. The molecule has 0 saturated heterocycles. The predicted molar refractivity (Wildman–Crippen MR) is 71.6 cm³/mol. The molecule has 6 heteroatoms. The predicted octanol–water partition coefficient (Wildman–Crippen LogP) is 1.10. The van der Waals surface area contributed by atoms with Crippen molar-refractivity contribution in [3.8, 4) is 0 Å². The average Bonchev–Trinajstić information content (AvgIpc) is 2.34. The van der Waals surface area contributed by atoms with Gasteiger partial charge in [-0.3, -0.25) is 0 Å². The molecule has 0 amide bonds. The molecule has 0 aromatic heterocycles. The smallest absolute Gasteiger partial charge is 0.242 e. The van der Waals surface area contributed by atoms with Crippen LogP contribution in [-0.4, -0.2) is 26.7 Å². The summed E-state index contributed by atoms with van der Waals surface area (Å²) in [5.74, 6) is 0. The Bertz CT molecular complexity index is 460. The van der Waals surface area contributed by atoms with Gasteiger partial charge in [0.15, 0.2) is 0 Å². The Kier molecular flexibility index (Phi) is 6.11. The van der Waals surface area contributed by atoms with E-state index in [0.717, 1.165) is 25.7 Å². The minimum absolute atomic E-state index is 0.125. The van der Waals surface area contributed by atoms with Gasteiger partial charge in [-0.1, -0.05) is 25.0 Å². The molecule has 0 aliphatic rings. The molecule has 0 saturated carbocycles. The minimum atomic E-state index is -3.51. The molecule has 4 N–H and O–H groups in total. The van der Waals surface area contributed by atoms with E-state index in [1.807, 2.05) is 0 Å². The topological polar surface area (TPSA) is 92.4 Å². The van der Waals surface area contributed by atoms with Gasteiger partial charge in [-0.05, 0) is 25.0 Å². The number of unbranched alkanes of at least 4 members (excludes halogenated alkanes) is 3. The van der Waals surface area contributed by atoms with Gasteiger partial charge in [-0.15, -0.1) is 0 Å². The summed E-state index contributed by atoms with van der Waals surface area (Å²) in [6, 6.07) is 6.40. The lowest BCUT2D eigenvalue weighted by atomic mass is 10.2. The maximum atomic E-state index is 11.9. The third-order valence-corrected chi connectivity index (χ3v) is 4.12. The van der Waals surface area contributed by atoms with E-state index in [1.54, 1.807) is 18.2 Å². The van der Waals surface area contributed by atoms with Gasteiger partial charge < -0.3 is 10.8 Å². The number of nitrogen functional groups attached to an aromatic ring is 1. The van der Waals surface area contributed by atoms with Crippen molar-refractivity contribution in [2.45, 2.75) is 30.6 Å². The van der Waals surface area contributed by atoms with Crippen molar-refractivity contribution in [2.75, 3.05) is 18.9 Å². The zero-order valence-electron chi connectivity index (χ0n) is 10.3. The van der Waals surface area contributed by atoms with Crippen molar-refractivity contribution in [2.24, 2.45) is 0 Å². The molecule has 0 atom stereocenters. The highest BCUT2D eigenvalue weighted by Crippen LogP contribution is 2.16. The molecule has 0 heterocycles. The van der Waals surface area contributed by atoms with Crippen molar-refractivity contribution in [1.29, 1.82) is 0 Å². The summed E-state index contributed by atoms with van der Waals surface area (Å²) in [6.07, 6.45) is 3.32. The molecular formula is C12H20N2O3S. The summed E-state index contributed by atoms with van der Waals surface area (Å²) in [7, 11) is -3.51. The number of hydrogen-bond donors (Lipinski definition) is 3. The molecule has 102 valence electrons. The van der Waals surface area contributed by atoms with Crippen molar-refractivity contribution < 1.29 is 13.5 Å². The second-order valence-electron chi connectivity index (χ2n) is 4.07. The third kappa shape index (κ3) is 4.64. The Labute approximate surface area is 108 Å². The first-order valence-electron chi connectivity index (χ1n) is 6.03. The summed E-state index contributed by atoms with van der Waals surface area (Å²) in [5.41, 5.74) is 5.88. The lowest BCUT2D eigenvalue weighted by Crippen LogP contribution is -2.25. The molecule has 0 radical (unpaired) electrons. The molecule has 5 nitrogen and oxygen atoms in total. The Morgan fingerprint density at radius 3 is 2.44 bits per heavy atom. The maximum absolute atomic E-state index is 11.9. The first-order chi connectivity index (χ1) is 8.58. The van der Waals surface area contributed by atoms with Crippen LogP contribution >= 0.6 is 0 Å². The van der Waals surface area contributed by atoms with Crippen LogP contribution in [0.2, 0.25) is 0 Å². The number of nitrogens with two attached hydrogens (primary N) is 1. The lowest BCUT2D eigenvalue weighted by molar-refractivity contribution is 0.282. The number of benzene rings is 1. The largest absolute Gasteiger partial charge is 0.398 e. The molecule has 0 fully saturated rings. The first kappa shape index (κ1) is 14.9. The minimum Gasteiger partial charge on any atom is -0.398 e. The van der Waals surface area contributed by atoms with Crippen LogP contribution in [0.3, 0.4) is 0 Å². The number of nitrogens with one attached hydrogen (secondary N) is 1. The van der Waals surface area contributed by atoms with E-state index in [2.05, 4.69) is 4.72 Å². The Balaban J connectivity index is 2.44. The summed E-state index contributed by atoms with van der Waals surface area (Å²) < 4.78 is 26.3. The van der Waals surface area contributed by atoms with Gasteiger partial charge in [0, 0.05) is 13.2 Å². The molecule has 0 aliphatic heterocycles. The van der Waals surface area contributed by atoms with E-state index in [4.69, 9.17) is 10.8 Å². The number of aliphatic hydroxyl groups excluding tert-OH is 1. The Morgan fingerprint density at radius 2 is 1.78 bits per heavy atom. The fourth-order valence-electron chi connectivity index (χ4n) is 1.60. The number of para-hydroxylation sites is 1. The molecule has 0 unspecified atom stereocenters. The van der Waals surface area contributed by atoms with Crippen LogP contribution in [0.4, 0.5) is 5.69 Å². The van der Waals surface area contributed by atoms with E-state index < -0.39 is 10.0 Å². The highest BCUT2D eigenvalue weighted by atomic mass is 32.2. The Hall–Kier alpha value is -1.11. The summed E-state index contributed by atoms with van der Waals surface area (Å²) in [5, 5.41) is 8.61. The van der Waals surface area contributed by atoms with Crippen LogP contribution < -0.4 is 10.5 Å². The lowest BCUT2D eigenvalue weighted by Gasteiger charge is -2.08. The van der Waals surface area contributed by atoms with E-state index in [1.165, 1.54) is 6.07 Å². The highest BCUT2D eigenvalue weighted by molar-refractivity contribution is 7.89. The fourth-order valence-corrected chi connectivity index (χ4v) is 2.80. The number of rotatable bonds is 8. The second kappa shape index (κ2) is 7.35. The maximum Gasteiger partial charge on any atom is 0.242 e. The SMILES string of the molecule is Nc1ccccc1S(=O)(=O)NCCCCCCO. The van der Waals surface area contributed by atoms with Crippen molar-refractivity contribution in [3.05, 3.63) is 24.3 Å². The van der Waals surface area contributed by atoms with Crippen LogP contribution in [0.5, 0.6) is 0 Å². The zero-order chi connectivity index (χ0) is 13.4. The number of hydrogen-bond acceptors (Lipinski definition) is 4. The molecule has 0 bridgehead atoms. The monoisotopic (exact) mass is 272 g/mol. The third-order valence-electron chi connectivity index (χ3n) is 2.59. The van der Waals surface area contributed by atoms with Crippen molar-refractivity contribution >= 4 is 15.7 Å². The van der Waals surface area contributed by atoms with Crippen LogP contribution in [0.1, 0.15) is 25.7 Å². The molecule has 1 aromatic carbocycles. The quantitative estimate of drug-likeness (QED) is 0.488. The molecule has 0 spiro atoms. The normalized spacial score (nSPS) is 11.6. The van der Waals surface area contributed by atoms with E-state index in [0.29, 0.717) is 6.54 Å². The van der Waals surface area contributed by atoms with Crippen LogP contribution in [-0.2, 0) is 10.0 Å². The van der Waals surface area contributed by atoms with Crippen LogP contribution in [0, 0.1) is 0 Å². The number of anilines is 1. The fraction of sp³-hybridized carbons (Fsp3) is 0.500. The number of aliphatic hydroxyl groups is 1. The van der Waals surface area contributed by atoms with Gasteiger partial charge in [0.1, 0.15) is 4.90 Å².